The smallest absolute Gasteiger partial charge is 0.242 e. The van der Waals surface area contributed by atoms with Crippen LogP contribution in [0.4, 0.5) is 4.39 Å². The van der Waals surface area contributed by atoms with E-state index in [1.807, 2.05) is 11.8 Å². The molecule has 0 radical (unpaired) electrons. The summed E-state index contributed by atoms with van der Waals surface area (Å²) >= 11 is 1.70. The molecule has 1 unspecified atom stereocenters. The van der Waals surface area contributed by atoms with Crippen LogP contribution in [0, 0.1) is 5.82 Å². The van der Waals surface area contributed by atoms with Crippen molar-refractivity contribution in [2.45, 2.75) is 64.8 Å². The number of amides is 2. The van der Waals surface area contributed by atoms with Crippen LogP contribution in [0.1, 0.15) is 74.4 Å². The van der Waals surface area contributed by atoms with Gasteiger partial charge >= 0.3 is 0 Å². The summed E-state index contributed by atoms with van der Waals surface area (Å²) in [5.41, 5.74) is 2.02. The first kappa shape index (κ1) is 23.5. The Kier molecular flexibility index (Phi) is 8.64. The van der Waals surface area contributed by atoms with E-state index in [9.17, 15) is 14.0 Å². The SMILES string of the molecule is CCCCCCC(=O)N(CCC)CC(=O)N1CCc2sccc2C1c1ccc(F)cc1. The summed E-state index contributed by atoms with van der Waals surface area (Å²) in [6.07, 6.45) is 6.34. The lowest BCUT2D eigenvalue weighted by Gasteiger charge is -2.37. The summed E-state index contributed by atoms with van der Waals surface area (Å²) in [4.78, 5) is 31.0. The summed E-state index contributed by atoms with van der Waals surface area (Å²) in [7, 11) is 0. The van der Waals surface area contributed by atoms with Crippen LogP contribution in [0.2, 0.25) is 0 Å². The van der Waals surface area contributed by atoms with E-state index >= 15 is 0 Å². The predicted molar refractivity (Wildman–Crippen MR) is 124 cm³/mol. The van der Waals surface area contributed by atoms with Gasteiger partial charge in [-0.1, -0.05) is 45.2 Å². The predicted octanol–water partition coefficient (Wildman–Crippen LogP) is 5.57. The van der Waals surface area contributed by atoms with Gasteiger partial charge < -0.3 is 9.80 Å². The first-order valence-corrected chi connectivity index (χ1v) is 12.3. The van der Waals surface area contributed by atoms with Gasteiger partial charge in [-0.25, -0.2) is 4.39 Å². The van der Waals surface area contributed by atoms with Crippen LogP contribution in [-0.2, 0) is 16.0 Å². The molecule has 1 atom stereocenters. The average molecular weight is 445 g/mol. The molecule has 0 fully saturated rings. The number of nitrogens with zero attached hydrogens (tertiary/aromatic N) is 2. The van der Waals surface area contributed by atoms with E-state index in [2.05, 4.69) is 18.4 Å². The second-order valence-electron chi connectivity index (χ2n) is 8.22. The van der Waals surface area contributed by atoms with E-state index < -0.39 is 0 Å². The zero-order chi connectivity index (χ0) is 22.2. The van der Waals surface area contributed by atoms with Crippen LogP contribution in [0.5, 0.6) is 0 Å². The molecule has 4 nitrogen and oxygen atoms in total. The van der Waals surface area contributed by atoms with Crippen LogP contribution >= 0.6 is 11.3 Å². The Morgan fingerprint density at radius 2 is 1.87 bits per heavy atom. The molecule has 3 rings (SSSR count). The third-order valence-corrected chi connectivity index (χ3v) is 6.89. The number of unbranched alkanes of at least 4 members (excludes halogenated alkanes) is 3. The maximum absolute atomic E-state index is 13.5. The fourth-order valence-electron chi connectivity index (χ4n) is 4.27. The molecular formula is C25H33FN2O2S. The van der Waals surface area contributed by atoms with Gasteiger partial charge in [-0.15, -0.1) is 11.3 Å². The maximum atomic E-state index is 13.5. The molecule has 0 saturated carbocycles. The van der Waals surface area contributed by atoms with Crippen molar-refractivity contribution >= 4 is 23.2 Å². The Bertz CT molecular complexity index is 865. The number of hydrogen-bond donors (Lipinski definition) is 0. The highest BCUT2D eigenvalue weighted by molar-refractivity contribution is 7.10. The van der Waals surface area contributed by atoms with Crippen LogP contribution in [0.25, 0.3) is 0 Å². The molecule has 2 heterocycles. The van der Waals surface area contributed by atoms with Crippen LogP contribution in [0.3, 0.4) is 0 Å². The quantitative estimate of drug-likeness (QED) is 0.450. The normalized spacial score (nSPS) is 15.6. The van der Waals surface area contributed by atoms with Crippen molar-refractivity contribution in [3.05, 3.63) is 57.5 Å². The monoisotopic (exact) mass is 444 g/mol. The third kappa shape index (κ3) is 5.94. The summed E-state index contributed by atoms with van der Waals surface area (Å²) in [5, 5.41) is 2.05. The third-order valence-electron chi connectivity index (χ3n) is 5.89. The van der Waals surface area contributed by atoms with Gasteiger partial charge in [0.1, 0.15) is 5.82 Å². The van der Waals surface area contributed by atoms with E-state index in [-0.39, 0.29) is 30.2 Å². The van der Waals surface area contributed by atoms with E-state index in [4.69, 9.17) is 0 Å². The summed E-state index contributed by atoms with van der Waals surface area (Å²) < 4.78 is 13.5. The topological polar surface area (TPSA) is 40.6 Å². The molecule has 0 N–H and O–H groups in total. The number of benzene rings is 1. The zero-order valence-electron chi connectivity index (χ0n) is 18.6. The Labute approximate surface area is 189 Å². The molecule has 0 spiro atoms. The molecule has 6 heteroatoms. The van der Waals surface area contributed by atoms with Crippen molar-refractivity contribution in [1.29, 1.82) is 0 Å². The minimum Gasteiger partial charge on any atom is -0.333 e. The van der Waals surface area contributed by atoms with Crippen molar-refractivity contribution in [2.75, 3.05) is 19.6 Å². The first-order valence-electron chi connectivity index (χ1n) is 11.4. The lowest BCUT2D eigenvalue weighted by atomic mass is 9.93. The van der Waals surface area contributed by atoms with Crippen LogP contribution in [0.15, 0.2) is 35.7 Å². The number of thiophene rings is 1. The standard InChI is InChI=1S/C25H33FN2O2S/c1-3-5-6-7-8-23(29)27(15-4-2)18-24(30)28-16-13-22-21(14-17-31-22)25(28)19-9-11-20(26)12-10-19/h9-12,14,17,25H,3-8,13,15-16,18H2,1-2H3. The van der Waals surface area contributed by atoms with Gasteiger partial charge in [0.2, 0.25) is 11.8 Å². The molecule has 0 aliphatic carbocycles. The summed E-state index contributed by atoms with van der Waals surface area (Å²) in [6, 6.07) is 8.25. The molecular weight excluding hydrogens is 411 g/mol. The van der Waals surface area contributed by atoms with E-state index in [0.717, 1.165) is 49.7 Å². The lowest BCUT2D eigenvalue weighted by Crippen LogP contribution is -2.47. The van der Waals surface area contributed by atoms with Crippen molar-refractivity contribution in [2.24, 2.45) is 0 Å². The van der Waals surface area contributed by atoms with Crippen LogP contribution in [-0.4, -0.2) is 41.2 Å². The number of hydrogen-bond acceptors (Lipinski definition) is 3. The number of halogens is 1. The fraction of sp³-hybridized carbons (Fsp3) is 0.520. The lowest BCUT2D eigenvalue weighted by molar-refractivity contribution is -0.141. The molecule has 168 valence electrons. The van der Waals surface area contributed by atoms with Gasteiger partial charge in [-0.2, -0.15) is 0 Å². The van der Waals surface area contributed by atoms with E-state index in [1.165, 1.54) is 17.0 Å². The average Bonchev–Trinajstić information content (AvgIpc) is 3.25. The number of fused-ring (bicyclic) bond motifs is 1. The Morgan fingerprint density at radius 1 is 1.10 bits per heavy atom. The molecule has 2 aromatic rings. The van der Waals surface area contributed by atoms with Crippen LogP contribution < -0.4 is 0 Å². The highest BCUT2D eigenvalue weighted by Gasteiger charge is 2.33. The first-order chi connectivity index (χ1) is 15.0. The maximum Gasteiger partial charge on any atom is 0.242 e. The van der Waals surface area contributed by atoms with Gasteiger partial charge in [0.15, 0.2) is 0 Å². The number of carbonyl (C=O) groups excluding carboxylic acids is 2. The molecule has 1 aromatic carbocycles. The molecule has 2 amide bonds. The highest BCUT2D eigenvalue weighted by atomic mass is 32.1. The molecule has 0 saturated heterocycles. The second kappa shape index (κ2) is 11.4. The van der Waals surface area contributed by atoms with E-state index in [0.29, 0.717) is 19.5 Å². The highest BCUT2D eigenvalue weighted by Crippen LogP contribution is 2.37. The van der Waals surface area contributed by atoms with Gasteiger partial charge in [-0.3, -0.25) is 9.59 Å². The minimum absolute atomic E-state index is 0.0402. The molecule has 1 aliphatic rings. The van der Waals surface area contributed by atoms with Crippen molar-refractivity contribution < 1.29 is 14.0 Å². The molecule has 1 aliphatic heterocycles. The number of rotatable bonds is 10. The Hall–Kier alpha value is -2.21. The van der Waals surface area contributed by atoms with Gasteiger partial charge in [0.05, 0.1) is 12.6 Å². The van der Waals surface area contributed by atoms with Gasteiger partial charge in [0.25, 0.3) is 0 Å². The minimum atomic E-state index is -0.286. The second-order valence-corrected chi connectivity index (χ2v) is 9.22. The van der Waals surface area contributed by atoms with Crippen molar-refractivity contribution in [3.63, 3.8) is 0 Å². The zero-order valence-corrected chi connectivity index (χ0v) is 19.4. The molecule has 0 bridgehead atoms. The summed E-state index contributed by atoms with van der Waals surface area (Å²) in [6.45, 7) is 5.49. The molecule has 31 heavy (non-hydrogen) atoms. The van der Waals surface area contributed by atoms with Gasteiger partial charge in [0, 0.05) is 24.4 Å². The largest absolute Gasteiger partial charge is 0.333 e. The number of carbonyl (C=O) groups is 2. The summed E-state index contributed by atoms with van der Waals surface area (Å²) in [5.74, 6) is -0.259. The Morgan fingerprint density at radius 3 is 2.58 bits per heavy atom. The Balaban J connectivity index is 1.76. The van der Waals surface area contributed by atoms with Gasteiger partial charge in [-0.05, 0) is 54.0 Å². The van der Waals surface area contributed by atoms with E-state index in [1.54, 1.807) is 28.4 Å². The van der Waals surface area contributed by atoms with Crippen molar-refractivity contribution in [3.8, 4) is 0 Å². The fourth-order valence-corrected chi connectivity index (χ4v) is 5.17. The van der Waals surface area contributed by atoms with Crippen molar-refractivity contribution in [1.82, 2.24) is 9.80 Å². The molecule has 1 aromatic heterocycles.